The van der Waals surface area contributed by atoms with Crippen LogP contribution in [0.5, 0.6) is 0 Å². The SMILES string of the molecule is CC(CN)NS(=O)(=O)c1cc(Cl)ccc1C#N. The van der Waals surface area contributed by atoms with Crippen molar-refractivity contribution in [2.45, 2.75) is 17.9 Å². The summed E-state index contributed by atoms with van der Waals surface area (Å²) in [6, 6.07) is 5.47. The van der Waals surface area contributed by atoms with Gasteiger partial charge in [0, 0.05) is 17.6 Å². The Morgan fingerprint density at radius 3 is 2.76 bits per heavy atom. The maximum absolute atomic E-state index is 12.0. The van der Waals surface area contributed by atoms with Crippen molar-refractivity contribution in [2.24, 2.45) is 5.73 Å². The molecule has 0 saturated heterocycles. The maximum atomic E-state index is 12.0. The van der Waals surface area contributed by atoms with Crippen molar-refractivity contribution >= 4 is 21.6 Å². The number of hydrogen-bond acceptors (Lipinski definition) is 4. The van der Waals surface area contributed by atoms with Crippen molar-refractivity contribution in [1.82, 2.24) is 4.72 Å². The van der Waals surface area contributed by atoms with Gasteiger partial charge >= 0.3 is 0 Å². The molecule has 0 aliphatic heterocycles. The summed E-state index contributed by atoms with van der Waals surface area (Å²) in [7, 11) is -3.77. The largest absolute Gasteiger partial charge is 0.329 e. The third-order valence-corrected chi connectivity index (χ3v) is 3.93. The van der Waals surface area contributed by atoms with Crippen molar-refractivity contribution < 1.29 is 8.42 Å². The van der Waals surface area contributed by atoms with Crippen LogP contribution in [0.25, 0.3) is 0 Å². The van der Waals surface area contributed by atoms with Gasteiger partial charge in [0.25, 0.3) is 0 Å². The second kappa shape index (κ2) is 5.47. The van der Waals surface area contributed by atoms with Crippen molar-refractivity contribution in [3.63, 3.8) is 0 Å². The van der Waals surface area contributed by atoms with Crippen LogP contribution in [0.1, 0.15) is 12.5 Å². The fraction of sp³-hybridized carbons (Fsp3) is 0.300. The quantitative estimate of drug-likeness (QED) is 0.849. The summed E-state index contributed by atoms with van der Waals surface area (Å²) < 4.78 is 26.3. The van der Waals surface area contributed by atoms with Crippen LogP contribution in [0.3, 0.4) is 0 Å². The van der Waals surface area contributed by atoms with E-state index in [-0.39, 0.29) is 22.0 Å². The molecule has 0 radical (unpaired) electrons. The molecule has 0 bridgehead atoms. The predicted octanol–water partition coefficient (Wildman–Crippen LogP) is 0.837. The van der Waals surface area contributed by atoms with Gasteiger partial charge in [-0.15, -0.1) is 0 Å². The number of nitrogens with zero attached hydrogens (tertiary/aromatic N) is 1. The molecule has 0 aliphatic rings. The van der Waals surface area contributed by atoms with E-state index >= 15 is 0 Å². The molecule has 0 aromatic heterocycles. The molecule has 3 N–H and O–H groups in total. The minimum absolute atomic E-state index is 0.0473. The van der Waals surface area contributed by atoms with Gasteiger partial charge in [-0.1, -0.05) is 11.6 Å². The van der Waals surface area contributed by atoms with Crippen LogP contribution in [-0.4, -0.2) is 21.0 Å². The number of nitrogens with one attached hydrogen (secondary N) is 1. The van der Waals surface area contributed by atoms with Gasteiger partial charge in [-0.05, 0) is 25.1 Å². The zero-order valence-corrected chi connectivity index (χ0v) is 10.7. The lowest BCUT2D eigenvalue weighted by Gasteiger charge is -2.13. The smallest absolute Gasteiger partial charge is 0.242 e. The maximum Gasteiger partial charge on any atom is 0.242 e. The third-order valence-electron chi connectivity index (χ3n) is 2.06. The molecule has 0 amide bonds. The Morgan fingerprint density at radius 2 is 2.24 bits per heavy atom. The number of nitrogens with two attached hydrogens (primary N) is 1. The van der Waals surface area contributed by atoms with Gasteiger partial charge < -0.3 is 5.73 Å². The average molecular weight is 274 g/mol. The molecule has 7 heteroatoms. The number of benzene rings is 1. The van der Waals surface area contributed by atoms with Crippen molar-refractivity contribution in [3.8, 4) is 6.07 Å². The first-order valence-corrected chi connectivity index (χ1v) is 6.69. The standard InChI is InChI=1S/C10H12ClN3O2S/c1-7(5-12)14-17(15,16)10-4-9(11)3-2-8(10)6-13/h2-4,7,14H,5,12H2,1H3. The first kappa shape index (κ1) is 13.9. The van der Waals surface area contributed by atoms with E-state index in [1.54, 1.807) is 6.92 Å². The fourth-order valence-electron chi connectivity index (χ4n) is 1.19. The highest BCUT2D eigenvalue weighted by Gasteiger charge is 2.20. The zero-order valence-electron chi connectivity index (χ0n) is 9.14. The topological polar surface area (TPSA) is 96.0 Å². The van der Waals surface area contributed by atoms with Crippen LogP contribution in [0.2, 0.25) is 5.02 Å². The molecule has 17 heavy (non-hydrogen) atoms. The summed E-state index contributed by atoms with van der Waals surface area (Å²) >= 11 is 5.72. The molecule has 0 saturated carbocycles. The Morgan fingerprint density at radius 1 is 1.59 bits per heavy atom. The van der Waals surface area contributed by atoms with Gasteiger partial charge in [-0.25, -0.2) is 13.1 Å². The van der Waals surface area contributed by atoms with Crippen LogP contribution in [0.15, 0.2) is 23.1 Å². The second-order valence-corrected chi connectivity index (χ2v) is 5.63. The second-order valence-electron chi connectivity index (χ2n) is 3.51. The van der Waals surface area contributed by atoms with E-state index in [1.165, 1.54) is 18.2 Å². The Labute approximate surface area is 105 Å². The first-order valence-electron chi connectivity index (χ1n) is 4.82. The lowest BCUT2D eigenvalue weighted by Crippen LogP contribution is -2.38. The van der Waals surface area contributed by atoms with Gasteiger partial charge in [-0.2, -0.15) is 5.26 Å². The van der Waals surface area contributed by atoms with Crippen molar-refractivity contribution in [2.75, 3.05) is 6.54 Å². The predicted molar refractivity (Wildman–Crippen MR) is 65.0 cm³/mol. The number of sulfonamides is 1. The molecule has 92 valence electrons. The first-order chi connectivity index (χ1) is 7.90. The van der Waals surface area contributed by atoms with Crippen molar-refractivity contribution in [3.05, 3.63) is 28.8 Å². The minimum Gasteiger partial charge on any atom is -0.329 e. The molecular formula is C10H12ClN3O2S. The minimum atomic E-state index is -3.77. The van der Waals surface area contributed by atoms with E-state index in [1.807, 2.05) is 6.07 Å². The molecule has 0 heterocycles. The zero-order chi connectivity index (χ0) is 13.1. The summed E-state index contributed by atoms with van der Waals surface area (Å²) in [5.74, 6) is 0. The summed E-state index contributed by atoms with van der Waals surface area (Å²) in [5.41, 5.74) is 5.39. The molecule has 1 atom stereocenters. The molecule has 0 aliphatic carbocycles. The molecule has 1 aromatic rings. The van der Waals surface area contributed by atoms with Crippen LogP contribution in [-0.2, 0) is 10.0 Å². The lowest BCUT2D eigenvalue weighted by atomic mass is 10.2. The molecule has 0 fully saturated rings. The van der Waals surface area contributed by atoms with Crippen LogP contribution in [0.4, 0.5) is 0 Å². The summed E-state index contributed by atoms with van der Waals surface area (Å²) in [6.45, 7) is 1.80. The number of halogens is 1. The molecule has 1 rings (SSSR count). The average Bonchev–Trinajstić information content (AvgIpc) is 2.28. The highest BCUT2D eigenvalue weighted by molar-refractivity contribution is 7.89. The van der Waals surface area contributed by atoms with Crippen LogP contribution in [0, 0.1) is 11.3 Å². The van der Waals surface area contributed by atoms with E-state index < -0.39 is 16.1 Å². The third kappa shape index (κ3) is 3.41. The Balaban J connectivity index is 3.24. The van der Waals surface area contributed by atoms with Gasteiger partial charge in [-0.3, -0.25) is 0 Å². The number of nitriles is 1. The molecular weight excluding hydrogens is 262 g/mol. The summed E-state index contributed by atoms with van der Waals surface area (Å²) in [5, 5.41) is 9.11. The summed E-state index contributed by atoms with van der Waals surface area (Å²) in [6.07, 6.45) is 0. The van der Waals surface area contributed by atoms with E-state index in [9.17, 15) is 8.42 Å². The normalized spacial score (nSPS) is 13.1. The van der Waals surface area contributed by atoms with E-state index in [0.717, 1.165) is 0 Å². The van der Waals surface area contributed by atoms with E-state index in [4.69, 9.17) is 22.6 Å². The number of hydrogen-bond donors (Lipinski definition) is 2. The highest BCUT2D eigenvalue weighted by Crippen LogP contribution is 2.20. The Kier molecular flexibility index (Phi) is 4.48. The lowest BCUT2D eigenvalue weighted by molar-refractivity contribution is 0.562. The Bertz CT molecular complexity index is 551. The summed E-state index contributed by atoms with van der Waals surface area (Å²) in [4.78, 5) is -0.132. The molecule has 5 nitrogen and oxygen atoms in total. The van der Waals surface area contributed by atoms with Gasteiger partial charge in [0.05, 0.1) is 5.56 Å². The number of rotatable bonds is 4. The monoisotopic (exact) mass is 273 g/mol. The van der Waals surface area contributed by atoms with Gasteiger partial charge in [0.15, 0.2) is 0 Å². The fourth-order valence-corrected chi connectivity index (χ4v) is 2.86. The molecule has 1 unspecified atom stereocenters. The van der Waals surface area contributed by atoms with Gasteiger partial charge in [0.2, 0.25) is 10.0 Å². The Hall–Kier alpha value is -1.13. The van der Waals surface area contributed by atoms with Crippen LogP contribution < -0.4 is 10.5 Å². The van der Waals surface area contributed by atoms with E-state index in [0.29, 0.717) is 0 Å². The van der Waals surface area contributed by atoms with Crippen molar-refractivity contribution in [1.29, 1.82) is 5.26 Å². The molecule has 0 spiro atoms. The van der Waals surface area contributed by atoms with E-state index in [2.05, 4.69) is 4.72 Å². The molecule has 1 aromatic carbocycles. The highest BCUT2D eigenvalue weighted by atomic mass is 35.5. The van der Waals surface area contributed by atoms with Crippen LogP contribution >= 0.6 is 11.6 Å². The van der Waals surface area contributed by atoms with Gasteiger partial charge in [0.1, 0.15) is 11.0 Å².